The minimum atomic E-state index is -0.415. The van der Waals surface area contributed by atoms with E-state index >= 15 is 0 Å². The van der Waals surface area contributed by atoms with Gasteiger partial charge in [-0.05, 0) is 32.0 Å². The van der Waals surface area contributed by atoms with Gasteiger partial charge in [0.2, 0.25) is 0 Å². The summed E-state index contributed by atoms with van der Waals surface area (Å²) >= 11 is 0. The second-order valence-corrected chi connectivity index (χ2v) is 4.01. The summed E-state index contributed by atoms with van der Waals surface area (Å²) in [5, 5.41) is 19.2. The molecule has 0 aliphatic rings. The van der Waals surface area contributed by atoms with Gasteiger partial charge in [-0.1, -0.05) is 6.07 Å². The van der Waals surface area contributed by atoms with Crippen LogP contribution in [0.5, 0.6) is 11.5 Å². The minimum Gasteiger partial charge on any atom is -0.507 e. The molecule has 0 saturated heterocycles. The Morgan fingerprint density at radius 1 is 1.41 bits per heavy atom. The summed E-state index contributed by atoms with van der Waals surface area (Å²) in [6, 6.07) is 4.17. The van der Waals surface area contributed by atoms with Gasteiger partial charge in [0.05, 0.1) is 0 Å². The van der Waals surface area contributed by atoms with Gasteiger partial charge in [0.1, 0.15) is 17.1 Å². The van der Waals surface area contributed by atoms with Gasteiger partial charge in [0.15, 0.2) is 0 Å². The second-order valence-electron chi connectivity index (χ2n) is 4.01. The van der Waals surface area contributed by atoms with Crippen LogP contribution in [0.4, 0.5) is 0 Å². The molecule has 1 unspecified atom stereocenters. The van der Waals surface area contributed by atoms with Crippen LogP contribution in [0.2, 0.25) is 0 Å². The monoisotopic (exact) mass is 238 g/mol. The summed E-state index contributed by atoms with van der Waals surface area (Å²) in [6.07, 6.45) is 0.663. The molecule has 0 bridgehead atoms. The van der Waals surface area contributed by atoms with Crippen molar-refractivity contribution in [2.45, 2.75) is 19.4 Å². The second kappa shape index (κ2) is 5.54. The zero-order chi connectivity index (χ0) is 13.0. The van der Waals surface area contributed by atoms with Gasteiger partial charge in [-0.2, -0.15) is 0 Å². The van der Waals surface area contributed by atoms with Gasteiger partial charge in [0.25, 0.3) is 5.91 Å². The quantitative estimate of drug-likeness (QED) is 0.727. The third-order valence-electron chi connectivity index (χ3n) is 2.80. The molecule has 5 heteroatoms. The van der Waals surface area contributed by atoms with E-state index in [0.29, 0.717) is 13.0 Å². The molecular formula is C12H18N2O3. The molecule has 17 heavy (non-hydrogen) atoms. The van der Waals surface area contributed by atoms with E-state index in [-0.39, 0.29) is 23.1 Å². The number of benzene rings is 1. The van der Waals surface area contributed by atoms with E-state index in [2.05, 4.69) is 0 Å². The van der Waals surface area contributed by atoms with Crippen molar-refractivity contribution in [3.63, 3.8) is 0 Å². The number of amides is 1. The van der Waals surface area contributed by atoms with Crippen molar-refractivity contribution in [3.8, 4) is 11.5 Å². The highest BCUT2D eigenvalue weighted by Gasteiger charge is 2.22. The van der Waals surface area contributed by atoms with Gasteiger partial charge in [-0.15, -0.1) is 0 Å². The van der Waals surface area contributed by atoms with Crippen molar-refractivity contribution < 1.29 is 15.0 Å². The van der Waals surface area contributed by atoms with Crippen LogP contribution in [0.15, 0.2) is 18.2 Å². The van der Waals surface area contributed by atoms with Gasteiger partial charge in [-0.25, -0.2) is 0 Å². The number of carbonyl (C=O) groups is 1. The average Bonchev–Trinajstić information content (AvgIpc) is 2.27. The molecule has 5 nitrogen and oxygen atoms in total. The number of phenols is 2. The summed E-state index contributed by atoms with van der Waals surface area (Å²) in [7, 11) is 1.62. The van der Waals surface area contributed by atoms with Crippen molar-refractivity contribution in [2.75, 3.05) is 13.6 Å². The van der Waals surface area contributed by atoms with Gasteiger partial charge in [0, 0.05) is 13.1 Å². The van der Waals surface area contributed by atoms with E-state index < -0.39 is 5.91 Å². The van der Waals surface area contributed by atoms with Crippen LogP contribution in [0, 0.1) is 0 Å². The highest BCUT2D eigenvalue weighted by molar-refractivity contribution is 5.99. The Balaban J connectivity index is 2.96. The molecule has 4 N–H and O–H groups in total. The van der Waals surface area contributed by atoms with Crippen molar-refractivity contribution >= 4 is 5.91 Å². The first-order chi connectivity index (χ1) is 7.99. The highest BCUT2D eigenvalue weighted by Crippen LogP contribution is 2.27. The number of phenolic OH excluding ortho intramolecular Hbond substituents is 2. The number of hydrogen-bond donors (Lipinski definition) is 3. The van der Waals surface area contributed by atoms with Crippen molar-refractivity contribution in [3.05, 3.63) is 23.8 Å². The molecule has 1 atom stereocenters. The van der Waals surface area contributed by atoms with E-state index in [4.69, 9.17) is 5.73 Å². The fraction of sp³-hybridized carbons (Fsp3) is 0.417. The van der Waals surface area contributed by atoms with E-state index in [1.54, 1.807) is 7.05 Å². The maximum Gasteiger partial charge on any atom is 0.261 e. The lowest BCUT2D eigenvalue weighted by Crippen LogP contribution is -2.36. The zero-order valence-corrected chi connectivity index (χ0v) is 10.1. The van der Waals surface area contributed by atoms with Gasteiger partial charge in [-0.3, -0.25) is 4.79 Å². The van der Waals surface area contributed by atoms with E-state index in [1.807, 2.05) is 6.92 Å². The molecule has 0 heterocycles. The van der Waals surface area contributed by atoms with Crippen LogP contribution >= 0.6 is 0 Å². The lowest BCUT2D eigenvalue weighted by molar-refractivity contribution is 0.0733. The van der Waals surface area contributed by atoms with Crippen molar-refractivity contribution in [1.29, 1.82) is 0 Å². The lowest BCUT2D eigenvalue weighted by Gasteiger charge is -2.25. The van der Waals surface area contributed by atoms with Crippen LogP contribution in [-0.4, -0.2) is 40.7 Å². The van der Waals surface area contributed by atoms with Crippen LogP contribution in [-0.2, 0) is 0 Å². The van der Waals surface area contributed by atoms with Gasteiger partial charge < -0.3 is 20.8 Å². The molecule has 1 amide bonds. The Kier molecular flexibility index (Phi) is 4.34. The zero-order valence-electron chi connectivity index (χ0n) is 10.1. The molecule has 0 aliphatic carbocycles. The number of nitrogens with zero attached hydrogens (tertiary/aromatic N) is 1. The molecule has 1 aromatic carbocycles. The Bertz CT molecular complexity index is 386. The third kappa shape index (κ3) is 2.88. The number of aromatic hydroxyl groups is 2. The number of rotatable bonds is 4. The van der Waals surface area contributed by atoms with Crippen molar-refractivity contribution in [1.82, 2.24) is 4.90 Å². The predicted molar refractivity (Wildman–Crippen MR) is 65.0 cm³/mol. The van der Waals surface area contributed by atoms with Crippen LogP contribution in [0.3, 0.4) is 0 Å². The minimum absolute atomic E-state index is 0.0495. The summed E-state index contributed by atoms with van der Waals surface area (Å²) < 4.78 is 0. The molecule has 0 spiro atoms. The Morgan fingerprint density at radius 2 is 1.94 bits per heavy atom. The summed E-state index contributed by atoms with van der Waals surface area (Å²) in [5.74, 6) is -0.856. The van der Waals surface area contributed by atoms with Crippen molar-refractivity contribution in [2.24, 2.45) is 5.73 Å². The maximum absolute atomic E-state index is 12.1. The topological polar surface area (TPSA) is 86.8 Å². The largest absolute Gasteiger partial charge is 0.507 e. The molecule has 1 rings (SSSR count). The molecular weight excluding hydrogens is 220 g/mol. The predicted octanol–water partition coefficient (Wildman–Crippen LogP) is 0.907. The molecule has 0 aliphatic heterocycles. The number of carbonyl (C=O) groups excluding carboxylic acids is 1. The molecule has 0 radical (unpaired) electrons. The van der Waals surface area contributed by atoms with E-state index in [9.17, 15) is 15.0 Å². The van der Waals surface area contributed by atoms with Crippen LogP contribution < -0.4 is 5.73 Å². The molecule has 94 valence electrons. The molecule has 0 saturated carbocycles. The van der Waals surface area contributed by atoms with E-state index in [1.165, 1.54) is 23.1 Å². The first-order valence-corrected chi connectivity index (χ1v) is 5.47. The normalized spacial score (nSPS) is 12.2. The number of nitrogens with two attached hydrogens (primary N) is 1. The average molecular weight is 238 g/mol. The van der Waals surface area contributed by atoms with Gasteiger partial charge >= 0.3 is 0 Å². The SMILES string of the molecule is CC(CCN)N(C)C(=O)c1c(O)cccc1O. The van der Waals surface area contributed by atoms with Crippen LogP contribution in [0.1, 0.15) is 23.7 Å². The fourth-order valence-electron chi connectivity index (χ4n) is 1.56. The smallest absolute Gasteiger partial charge is 0.261 e. The highest BCUT2D eigenvalue weighted by atomic mass is 16.3. The first kappa shape index (κ1) is 13.3. The molecule has 0 aromatic heterocycles. The summed E-state index contributed by atoms with van der Waals surface area (Å²) in [4.78, 5) is 13.5. The van der Waals surface area contributed by atoms with Crippen LogP contribution in [0.25, 0.3) is 0 Å². The summed E-state index contributed by atoms with van der Waals surface area (Å²) in [5.41, 5.74) is 5.36. The number of hydrogen-bond acceptors (Lipinski definition) is 4. The fourth-order valence-corrected chi connectivity index (χ4v) is 1.56. The third-order valence-corrected chi connectivity index (χ3v) is 2.80. The maximum atomic E-state index is 12.1. The van der Waals surface area contributed by atoms with E-state index in [0.717, 1.165) is 0 Å². The Morgan fingerprint density at radius 3 is 2.41 bits per heavy atom. The Labute approximate surface area is 100 Å². The summed E-state index contributed by atoms with van der Waals surface area (Å²) in [6.45, 7) is 2.34. The Hall–Kier alpha value is -1.75. The standard InChI is InChI=1S/C12H18N2O3/c1-8(6-7-13)14(2)12(17)11-9(15)4-3-5-10(11)16/h3-5,8,15-16H,6-7,13H2,1-2H3. The lowest BCUT2D eigenvalue weighted by atomic mass is 10.1. The molecule has 1 aromatic rings. The first-order valence-electron chi connectivity index (χ1n) is 5.47. The molecule has 0 fully saturated rings.